The molecule has 0 amide bonds. The topological polar surface area (TPSA) is 32.3 Å². The molecule has 3 heteroatoms. The van der Waals surface area contributed by atoms with E-state index in [0.717, 1.165) is 18.4 Å². The van der Waals surface area contributed by atoms with Gasteiger partial charge in [0.1, 0.15) is 5.75 Å². The van der Waals surface area contributed by atoms with Crippen molar-refractivity contribution in [2.24, 2.45) is 0 Å². The van der Waals surface area contributed by atoms with Crippen LogP contribution in [0.3, 0.4) is 0 Å². The number of nitrogens with one attached hydrogen (secondary N) is 1. The van der Waals surface area contributed by atoms with Gasteiger partial charge in [-0.15, -0.1) is 0 Å². The highest BCUT2D eigenvalue weighted by Gasteiger charge is 2.10. The molecular formula is C12H14ClNO. The average molecular weight is 224 g/mol. The molecule has 0 aromatic heterocycles. The van der Waals surface area contributed by atoms with Gasteiger partial charge in [0.05, 0.1) is 0 Å². The highest BCUT2D eigenvalue weighted by atomic mass is 35.5. The lowest BCUT2D eigenvalue weighted by Gasteiger charge is -2.12. The molecule has 2 N–H and O–H groups in total. The molecule has 0 spiro atoms. The standard InChI is InChI=1S/C12H14ClNO/c13-10-5-6-12(15)9(7-10)8-14-11-3-1-2-4-11/h1-2,5-7,11,14-15H,3-4,8H2. The normalized spacial score (nSPS) is 16.1. The summed E-state index contributed by atoms with van der Waals surface area (Å²) in [7, 11) is 0. The fourth-order valence-corrected chi connectivity index (χ4v) is 1.93. The monoisotopic (exact) mass is 223 g/mol. The number of rotatable bonds is 3. The van der Waals surface area contributed by atoms with Crippen molar-refractivity contribution >= 4 is 11.6 Å². The van der Waals surface area contributed by atoms with E-state index in [1.54, 1.807) is 18.2 Å². The Labute approximate surface area is 94.6 Å². The molecule has 1 aromatic carbocycles. The highest BCUT2D eigenvalue weighted by molar-refractivity contribution is 6.30. The summed E-state index contributed by atoms with van der Waals surface area (Å²) in [5.74, 6) is 0.304. The van der Waals surface area contributed by atoms with Crippen LogP contribution < -0.4 is 5.32 Å². The molecule has 1 aliphatic carbocycles. The number of hydrogen-bond acceptors (Lipinski definition) is 2. The minimum atomic E-state index is 0.304. The van der Waals surface area contributed by atoms with Crippen molar-refractivity contribution < 1.29 is 5.11 Å². The lowest BCUT2D eigenvalue weighted by molar-refractivity contribution is 0.458. The summed E-state index contributed by atoms with van der Waals surface area (Å²) in [5.41, 5.74) is 0.856. The average Bonchev–Trinajstić information content (AvgIpc) is 2.72. The number of aromatic hydroxyl groups is 1. The summed E-state index contributed by atoms with van der Waals surface area (Å²) < 4.78 is 0. The van der Waals surface area contributed by atoms with Crippen LogP contribution in [0.25, 0.3) is 0 Å². The Kier molecular flexibility index (Phi) is 3.29. The van der Waals surface area contributed by atoms with Crippen molar-refractivity contribution in [1.29, 1.82) is 0 Å². The van der Waals surface area contributed by atoms with Crippen LogP contribution in [0.1, 0.15) is 18.4 Å². The Balaban J connectivity index is 1.95. The van der Waals surface area contributed by atoms with Gasteiger partial charge in [0.15, 0.2) is 0 Å². The number of halogens is 1. The molecule has 0 radical (unpaired) electrons. The predicted octanol–water partition coefficient (Wildman–Crippen LogP) is 2.85. The molecule has 0 fully saturated rings. The van der Waals surface area contributed by atoms with Gasteiger partial charge in [-0.1, -0.05) is 23.8 Å². The summed E-state index contributed by atoms with van der Waals surface area (Å²) in [5, 5.41) is 13.6. The largest absolute Gasteiger partial charge is 0.508 e. The van der Waals surface area contributed by atoms with Crippen molar-refractivity contribution in [2.45, 2.75) is 25.4 Å². The number of benzene rings is 1. The van der Waals surface area contributed by atoms with Crippen molar-refractivity contribution in [3.8, 4) is 5.75 Å². The van der Waals surface area contributed by atoms with Crippen molar-refractivity contribution in [2.75, 3.05) is 0 Å². The number of phenolic OH excluding ortho intramolecular Hbond substituents is 1. The molecule has 0 saturated carbocycles. The van der Waals surface area contributed by atoms with Gasteiger partial charge in [-0.05, 0) is 31.0 Å². The minimum absolute atomic E-state index is 0.304. The molecule has 2 rings (SSSR count). The van der Waals surface area contributed by atoms with Crippen molar-refractivity contribution in [3.05, 3.63) is 40.9 Å². The second-order valence-electron chi connectivity index (χ2n) is 3.79. The Morgan fingerprint density at radius 1 is 1.33 bits per heavy atom. The van der Waals surface area contributed by atoms with Crippen LogP contribution in [-0.2, 0) is 6.54 Å². The molecular weight excluding hydrogens is 210 g/mol. The molecule has 0 heterocycles. The lowest BCUT2D eigenvalue weighted by atomic mass is 10.1. The van der Waals surface area contributed by atoms with Gasteiger partial charge in [0.2, 0.25) is 0 Å². The summed E-state index contributed by atoms with van der Waals surface area (Å²) >= 11 is 5.86. The first kappa shape index (κ1) is 10.5. The number of phenols is 1. The van der Waals surface area contributed by atoms with E-state index in [9.17, 15) is 5.11 Å². The summed E-state index contributed by atoms with van der Waals surface area (Å²) in [6, 6.07) is 5.62. The van der Waals surface area contributed by atoms with Gasteiger partial charge in [-0.25, -0.2) is 0 Å². The molecule has 0 saturated heterocycles. The van der Waals surface area contributed by atoms with Crippen LogP contribution >= 0.6 is 11.6 Å². The fourth-order valence-electron chi connectivity index (χ4n) is 1.73. The molecule has 0 bridgehead atoms. The van der Waals surface area contributed by atoms with Crippen molar-refractivity contribution in [3.63, 3.8) is 0 Å². The van der Waals surface area contributed by atoms with E-state index < -0.39 is 0 Å². The van der Waals surface area contributed by atoms with Gasteiger partial charge < -0.3 is 10.4 Å². The maximum Gasteiger partial charge on any atom is 0.120 e. The van der Waals surface area contributed by atoms with E-state index in [-0.39, 0.29) is 0 Å². The van der Waals surface area contributed by atoms with E-state index in [1.165, 1.54) is 0 Å². The summed E-state index contributed by atoms with van der Waals surface area (Å²) in [6.45, 7) is 0.665. The first-order chi connectivity index (χ1) is 7.25. The SMILES string of the molecule is Oc1ccc(Cl)cc1CNC1CC=CC1. The maximum atomic E-state index is 9.59. The third-order valence-corrected chi connectivity index (χ3v) is 2.87. The second-order valence-corrected chi connectivity index (χ2v) is 4.23. The molecule has 15 heavy (non-hydrogen) atoms. The molecule has 0 atom stereocenters. The Morgan fingerprint density at radius 3 is 2.80 bits per heavy atom. The Hall–Kier alpha value is -0.990. The Bertz CT molecular complexity index is 368. The Morgan fingerprint density at radius 2 is 2.07 bits per heavy atom. The zero-order chi connectivity index (χ0) is 10.7. The van der Waals surface area contributed by atoms with Gasteiger partial charge in [0.25, 0.3) is 0 Å². The zero-order valence-electron chi connectivity index (χ0n) is 8.41. The van der Waals surface area contributed by atoms with Gasteiger partial charge in [-0.3, -0.25) is 0 Å². The number of hydrogen-bond donors (Lipinski definition) is 2. The van der Waals surface area contributed by atoms with E-state index >= 15 is 0 Å². The fraction of sp³-hybridized carbons (Fsp3) is 0.333. The van der Waals surface area contributed by atoms with E-state index in [0.29, 0.717) is 23.4 Å². The van der Waals surface area contributed by atoms with Crippen molar-refractivity contribution in [1.82, 2.24) is 5.32 Å². The maximum absolute atomic E-state index is 9.59. The van der Waals surface area contributed by atoms with Crippen LogP contribution in [-0.4, -0.2) is 11.1 Å². The van der Waals surface area contributed by atoms with Gasteiger partial charge in [-0.2, -0.15) is 0 Å². The van der Waals surface area contributed by atoms with Crippen LogP contribution in [0.15, 0.2) is 30.4 Å². The third-order valence-electron chi connectivity index (χ3n) is 2.63. The van der Waals surface area contributed by atoms with Gasteiger partial charge >= 0.3 is 0 Å². The van der Waals surface area contributed by atoms with E-state index in [4.69, 9.17) is 11.6 Å². The van der Waals surface area contributed by atoms with Crippen LogP contribution in [0.2, 0.25) is 5.02 Å². The molecule has 0 aliphatic heterocycles. The summed E-state index contributed by atoms with van der Waals surface area (Å²) in [4.78, 5) is 0. The minimum Gasteiger partial charge on any atom is -0.508 e. The summed E-state index contributed by atoms with van der Waals surface area (Å²) in [6.07, 6.45) is 6.49. The lowest BCUT2D eigenvalue weighted by Crippen LogP contribution is -2.25. The first-order valence-electron chi connectivity index (χ1n) is 5.11. The smallest absolute Gasteiger partial charge is 0.120 e. The molecule has 1 aliphatic rings. The van der Waals surface area contributed by atoms with Gasteiger partial charge in [0, 0.05) is 23.2 Å². The molecule has 1 aromatic rings. The first-order valence-corrected chi connectivity index (χ1v) is 5.49. The zero-order valence-corrected chi connectivity index (χ0v) is 9.17. The molecule has 80 valence electrons. The molecule has 2 nitrogen and oxygen atoms in total. The third kappa shape index (κ3) is 2.74. The molecule has 0 unspecified atom stereocenters. The van der Waals surface area contributed by atoms with Crippen LogP contribution in [0.5, 0.6) is 5.75 Å². The van der Waals surface area contributed by atoms with Crippen LogP contribution in [0.4, 0.5) is 0 Å². The van der Waals surface area contributed by atoms with Crippen LogP contribution in [0, 0.1) is 0 Å². The predicted molar refractivity (Wildman–Crippen MR) is 62.1 cm³/mol. The van der Waals surface area contributed by atoms with E-state index in [1.807, 2.05) is 0 Å². The highest BCUT2D eigenvalue weighted by Crippen LogP contribution is 2.21. The second kappa shape index (κ2) is 4.69. The quantitative estimate of drug-likeness (QED) is 0.773. The van der Waals surface area contributed by atoms with E-state index in [2.05, 4.69) is 17.5 Å².